The highest BCUT2D eigenvalue weighted by Crippen LogP contribution is 2.28. The van der Waals surface area contributed by atoms with Gasteiger partial charge < -0.3 is 5.32 Å². The highest BCUT2D eigenvalue weighted by atomic mass is 35.5. The molecule has 0 fully saturated rings. The van der Waals surface area contributed by atoms with Crippen molar-refractivity contribution in [2.75, 3.05) is 11.1 Å². The predicted octanol–water partition coefficient (Wildman–Crippen LogP) is 2.66. The molecule has 11 heteroatoms. The van der Waals surface area contributed by atoms with Crippen molar-refractivity contribution in [2.45, 2.75) is 5.03 Å². The fraction of sp³-hybridized carbons (Fsp3) is 0.143. The first-order valence-electron chi connectivity index (χ1n) is 6.95. The van der Waals surface area contributed by atoms with E-state index in [4.69, 9.17) is 11.6 Å². The van der Waals surface area contributed by atoms with E-state index >= 15 is 0 Å². The molecule has 3 rings (SSSR count). The lowest BCUT2D eigenvalue weighted by atomic mass is 10.3. The Kier molecular flexibility index (Phi) is 4.81. The van der Waals surface area contributed by atoms with E-state index in [2.05, 4.69) is 20.4 Å². The SMILES string of the molecule is Cn1ncc2c(SCC(=O)Nc3ccc(Cl)c([N+](=O)[O-])c3)ncnc21. The molecule has 2 heterocycles. The molecule has 0 aliphatic rings. The Labute approximate surface area is 150 Å². The molecule has 0 spiro atoms. The number of fused-ring (bicyclic) bond motifs is 1. The number of nitro benzene ring substituents is 1. The number of benzene rings is 1. The number of carbonyl (C=O) groups is 1. The predicted molar refractivity (Wildman–Crippen MR) is 93.8 cm³/mol. The molecule has 0 bridgehead atoms. The zero-order valence-corrected chi connectivity index (χ0v) is 14.4. The van der Waals surface area contributed by atoms with Crippen LogP contribution in [0.15, 0.2) is 35.7 Å². The van der Waals surface area contributed by atoms with Gasteiger partial charge in [0.25, 0.3) is 5.69 Å². The first-order chi connectivity index (χ1) is 12.0. The van der Waals surface area contributed by atoms with Gasteiger partial charge in [0, 0.05) is 18.8 Å². The van der Waals surface area contributed by atoms with Gasteiger partial charge in [0.2, 0.25) is 5.91 Å². The number of amides is 1. The zero-order valence-electron chi connectivity index (χ0n) is 12.8. The molecular weight excluding hydrogens is 368 g/mol. The van der Waals surface area contributed by atoms with Crippen LogP contribution in [0.25, 0.3) is 11.0 Å². The molecule has 0 aliphatic carbocycles. The molecule has 0 atom stereocenters. The molecule has 0 saturated carbocycles. The van der Waals surface area contributed by atoms with Crippen molar-refractivity contribution >= 4 is 51.7 Å². The second-order valence-corrected chi connectivity index (χ2v) is 6.32. The van der Waals surface area contributed by atoms with Crippen LogP contribution in [0.2, 0.25) is 5.02 Å². The van der Waals surface area contributed by atoms with Crippen molar-refractivity contribution in [1.29, 1.82) is 0 Å². The molecule has 1 aromatic carbocycles. The molecule has 1 amide bonds. The number of hydrogen-bond donors (Lipinski definition) is 1. The zero-order chi connectivity index (χ0) is 18.0. The lowest BCUT2D eigenvalue weighted by Crippen LogP contribution is -2.14. The Balaban J connectivity index is 1.69. The molecule has 0 unspecified atom stereocenters. The Morgan fingerprint density at radius 2 is 2.24 bits per heavy atom. The average Bonchev–Trinajstić information content (AvgIpc) is 2.96. The Hall–Kier alpha value is -2.72. The van der Waals surface area contributed by atoms with E-state index in [1.54, 1.807) is 17.9 Å². The van der Waals surface area contributed by atoms with Crippen LogP contribution >= 0.6 is 23.4 Å². The molecule has 3 aromatic rings. The van der Waals surface area contributed by atoms with Gasteiger partial charge in [0.05, 0.1) is 22.3 Å². The van der Waals surface area contributed by atoms with Gasteiger partial charge in [-0.3, -0.25) is 19.6 Å². The Morgan fingerprint density at radius 3 is 3.00 bits per heavy atom. The Morgan fingerprint density at radius 1 is 1.44 bits per heavy atom. The number of nitrogens with zero attached hydrogens (tertiary/aromatic N) is 5. The fourth-order valence-electron chi connectivity index (χ4n) is 2.12. The van der Waals surface area contributed by atoms with Crippen molar-refractivity contribution in [1.82, 2.24) is 19.7 Å². The van der Waals surface area contributed by atoms with E-state index in [-0.39, 0.29) is 22.4 Å². The standard InChI is InChI=1S/C14H11ClN6O3S/c1-20-13-9(5-18-20)14(17-7-16-13)25-6-12(22)19-8-2-3-10(15)11(4-8)21(23)24/h2-5,7H,6H2,1H3,(H,19,22). The molecular formula is C14H11ClN6O3S. The van der Waals surface area contributed by atoms with Crippen LogP contribution in [0.1, 0.15) is 0 Å². The third kappa shape index (κ3) is 3.69. The molecule has 128 valence electrons. The first-order valence-corrected chi connectivity index (χ1v) is 8.31. The van der Waals surface area contributed by atoms with Gasteiger partial charge >= 0.3 is 0 Å². The van der Waals surface area contributed by atoms with Gasteiger partial charge in [-0.2, -0.15) is 5.10 Å². The summed E-state index contributed by atoms with van der Waals surface area (Å²) in [5.74, 6) is -0.241. The molecule has 0 saturated heterocycles. The fourth-order valence-corrected chi connectivity index (χ4v) is 3.06. The van der Waals surface area contributed by atoms with Crippen molar-refractivity contribution in [3.8, 4) is 0 Å². The van der Waals surface area contributed by atoms with Crippen LogP contribution in [0, 0.1) is 10.1 Å². The lowest BCUT2D eigenvalue weighted by Gasteiger charge is -2.06. The minimum absolute atomic E-state index is 0.0114. The second-order valence-electron chi connectivity index (χ2n) is 4.94. The topological polar surface area (TPSA) is 116 Å². The minimum atomic E-state index is -0.604. The van der Waals surface area contributed by atoms with Crippen molar-refractivity contribution < 1.29 is 9.72 Å². The van der Waals surface area contributed by atoms with Gasteiger partial charge in [-0.25, -0.2) is 9.97 Å². The van der Waals surface area contributed by atoms with Crippen molar-refractivity contribution in [3.05, 3.63) is 45.9 Å². The van der Waals surface area contributed by atoms with Gasteiger partial charge in [0.1, 0.15) is 16.4 Å². The largest absolute Gasteiger partial charge is 0.325 e. The summed E-state index contributed by atoms with van der Waals surface area (Å²) in [6.07, 6.45) is 3.05. The molecule has 1 N–H and O–H groups in total. The number of anilines is 1. The van der Waals surface area contributed by atoms with Crippen LogP contribution in [-0.4, -0.2) is 36.3 Å². The van der Waals surface area contributed by atoms with Crippen LogP contribution in [-0.2, 0) is 11.8 Å². The highest BCUT2D eigenvalue weighted by Gasteiger charge is 2.15. The van der Waals surface area contributed by atoms with Crippen LogP contribution in [0.4, 0.5) is 11.4 Å². The Bertz CT molecular complexity index is 976. The summed E-state index contributed by atoms with van der Waals surface area (Å²) < 4.78 is 1.62. The third-order valence-electron chi connectivity index (χ3n) is 3.26. The lowest BCUT2D eigenvalue weighted by molar-refractivity contribution is -0.384. The number of halogens is 1. The molecule has 2 aromatic heterocycles. The van der Waals surface area contributed by atoms with Crippen molar-refractivity contribution in [3.63, 3.8) is 0 Å². The molecule has 0 radical (unpaired) electrons. The number of nitro groups is 1. The molecule has 25 heavy (non-hydrogen) atoms. The maximum atomic E-state index is 12.1. The highest BCUT2D eigenvalue weighted by molar-refractivity contribution is 8.00. The van der Waals surface area contributed by atoms with Gasteiger partial charge in [-0.05, 0) is 12.1 Å². The third-order valence-corrected chi connectivity index (χ3v) is 4.58. The minimum Gasteiger partial charge on any atom is -0.325 e. The van der Waals surface area contributed by atoms with E-state index in [9.17, 15) is 14.9 Å². The summed E-state index contributed by atoms with van der Waals surface area (Å²) in [5, 5.41) is 19.0. The summed E-state index contributed by atoms with van der Waals surface area (Å²) in [6.45, 7) is 0. The van der Waals surface area contributed by atoms with Gasteiger partial charge in [0.15, 0.2) is 5.65 Å². The number of nitrogens with one attached hydrogen (secondary N) is 1. The van der Waals surface area contributed by atoms with E-state index in [0.717, 1.165) is 5.39 Å². The summed E-state index contributed by atoms with van der Waals surface area (Å²) in [6, 6.07) is 4.09. The monoisotopic (exact) mass is 378 g/mol. The van der Waals surface area contributed by atoms with Crippen LogP contribution in [0.3, 0.4) is 0 Å². The number of carbonyl (C=O) groups excluding carboxylic acids is 1. The van der Waals surface area contributed by atoms with E-state index in [1.807, 2.05) is 0 Å². The van der Waals surface area contributed by atoms with Gasteiger partial charge in [-0.1, -0.05) is 23.4 Å². The maximum Gasteiger partial charge on any atom is 0.289 e. The first kappa shape index (κ1) is 17.1. The number of thioether (sulfide) groups is 1. The summed E-state index contributed by atoms with van der Waals surface area (Å²) in [7, 11) is 1.77. The van der Waals surface area contributed by atoms with E-state index in [0.29, 0.717) is 16.4 Å². The average molecular weight is 379 g/mol. The van der Waals surface area contributed by atoms with E-state index in [1.165, 1.54) is 36.3 Å². The van der Waals surface area contributed by atoms with Crippen molar-refractivity contribution in [2.24, 2.45) is 7.05 Å². The number of aromatic nitrogens is 4. The summed E-state index contributed by atoms with van der Waals surface area (Å²) in [4.78, 5) is 30.7. The number of hydrogen-bond acceptors (Lipinski definition) is 7. The van der Waals surface area contributed by atoms with Crippen LogP contribution in [0.5, 0.6) is 0 Å². The number of rotatable bonds is 5. The summed E-state index contributed by atoms with van der Waals surface area (Å²) >= 11 is 6.97. The van der Waals surface area contributed by atoms with Crippen LogP contribution < -0.4 is 5.32 Å². The second kappa shape index (κ2) is 7.03. The van der Waals surface area contributed by atoms with Gasteiger partial charge in [-0.15, -0.1) is 0 Å². The molecule has 0 aliphatic heterocycles. The quantitative estimate of drug-likeness (QED) is 0.314. The smallest absolute Gasteiger partial charge is 0.289 e. The molecule has 9 nitrogen and oxygen atoms in total. The normalized spacial score (nSPS) is 10.8. The summed E-state index contributed by atoms with van der Waals surface area (Å²) in [5.41, 5.74) is 0.710. The number of aryl methyl sites for hydroxylation is 1. The maximum absolute atomic E-state index is 12.1. The van der Waals surface area contributed by atoms with E-state index < -0.39 is 4.92 Å².